The molecule has 3 aromatic rings. The van der Waals surface area contributed by atoms with Crippen molar-refractivity contribution in [2.45, 2.75) is 0 Å². The van der Waals surface area contributed by atoms with E-state index in [1.165, 1.54) is 0 Å². The molecule has 0 radical (unpaired) electrons. The SMILES string of the molecule is CS(=O)(=O)Nc1cc(-c2ccc3nccc(Cl)c3c2)cnc1Cl.CS(N)(=O)=O. The second-order valence-corrected chi connectivity index (χ2v) is 9.96. The molecule has 0 aliphatic carbocycles. The molecular formula is C16H16Cl2N4O4S2. The highest BCUT2D eigenvalue weighted by molar-refractivity contribution is 7.92. The monoisotopic (exact) mass is 462 g/mol. The summed E-state index contributed by atoms with van der Waals surface area (Å²) in [5, 5.41) is 5.81. The number of nitrogens with zero attached hydrogens (tertiary/aromatic N) is 2. The lowest BCUT2D eigenvalue weighted by Crippen LogP contribution is -2.10. The van der Waals surface area contributed by atoms with Gasteiger partial charge in [0.25, 0.3) is 0 Å². The van der Waals surface area contributed by atoms with Gasteiger partial charge in [-0.25, -0.2) is 27.0 Å². The normalized spacial score (nSPS) is 11.6. The van der Waals surface area contributed by atoms with E-state index >= 15 is 0 Å². The van der Waals surface area contributed by atoms with Crippen molar-refractivity contribution in [3.63, 3.8) is 0 Å². The first-order valence-electron chi connectivity index (χ1n) is 7.49. The molecule has 0 spiro atoms. The minimum atomic E-state index is -3.45. The lowest BCUT2D eigenvalue weighted by Gasteiger charge is -2.09. The van der Waals surface area contributed by atoms with Crippen molar-refractivity contribution in [3.8, 4) is 11.1 Å². The number of anilines is 1. The van der Waals surface area contributed by atoms with Crippen LogP contribution in [0.15, 0.2) is 42.7 Å². The highest BCUT2D eigenvalue weighted by Gasteiger charge is 2.10. The molecule has 3 rings (SSSR count). The maximum absolute atomic E-state index is 11.4. The van der Waals surface area contributed by atoms with Crippen molar-refractivity contribution in [1.29, 1.82) is 0 Å². The number of aromatic nitrogens is 2. The standard InChI is InChI=1S/C15H11Cl2N3O2S.CH5NO2S/c1-23(21,22)20-14-7-10(8-19-15(14)17)9-2-3-13-11(6-9)12(16)4-5-18-13;1-5(2,3)4/h2-8,20H,1H3;1H3,(H2,2,3,4). The Bertz CT molecular complexity index is 1220. The summed E-state index contributed by atoms with van der Waals surface area (Å²) in [7, 11) is -6.61. The van der Waals surface area contributed by atoms with Crippen molar-refractivity contribution in [2.24, 2.45) is 5.14 Å². The predicted octanol–water partition coefficient (Wildman–Crippen LogP) is 2.88. The molecule has 8 nitrogen and oxygen atoms in total. The molecule has 0 atom stereocenters. The Hall–Kier alpha value is -1.98. The van der Waals surface area contributed by atoms with Gasteiger partial charge in [-0.1, -0.05) is 29.3 Å². The number of nitrogens with two attached hydrogens (primary N) is 1. The van der Waals surface area contributed by atoms with Crippen LogP contribution in [0.5, 0.6) is 0 Å². The van der Waals surface area contributed by atoms with Crippen LogP contribution in [0.3, 0.4) is 0 Å². The van der Waals surface area contributed by atoms with E-state index in [0.29, 0.717) is 10.6 Å². The Kier molecular flexibility index (Phi) is 6.84. The fourth-order valence-electron chi connectivity index (χ4n) is 2.17. The van der Waals surface area contributed by atoms with Crippen LogP contribution in [0.25, 0.3) is 22.0 Å². The van der Waals surface area contributed by atoms with Crippen molar-refractivity contribution in [2.75, 3.05) is 17.2 Å². The molecule has 0 amide bonds. The van der Waals surface area contributed by atoms with E-state index in [1.54, 1.807) is 24.5 Å². The predicted molar refractivity (Wildman–Crippen MR) is 112 cm³/mol. The van der Waals surface area contributed by atoms with Gasteiger partial charge < -0.3 is 0 Å². The first kappa shape index (κ1) is 22.3. The second kappa shape index (κ2) is 8.58. The topological polar surface area (TPSA) is 132 Å². The van der Waals surface area contributed by atoms with Crippen LogP contribution < -0.4 is 9.86 Å². The average Bonchev–Trinajstić information content (AvgIpc) is 2.54. The van der Waals surface area contributed by atoms with Crippen molar-refractivity contribution >= 4 is 59.8 Å². The number of benzene rings is 1. The van der Waals surface area contributed by atoms with Gasteiger partial charge in [0.15, 0.2) is 5.15 Å². The molecule has 150 valence electrons. The number of sulfonamides is 2. The molecule has 0 unspecified atom stereocenters. The zero-order valence-electron chi connectivity index (χ0n) is 14.7. The van der Waals surface area contributed by atoms with E-state index < -0.39 is 20.0 Å². The minimum Gasteiger partial charge on any atom is -0.281 e. The van der Waals surface area contributed by atoms with Gasteiger partial charge in [-0.15, -0.1) is 0 Å². The first-order valence-corrected chi connectivity index (χ1v) is 12.1. The molecule has 0 fully saturated rings. The third kappa shape index (κ3) is 6.88. The molecule has 3 N–H and O–H groups in total. The Labute approximate surface area is 172 Å². The summed E-state index contributed by atoms with van der Waals surface area (Å²) >= 11 is 12.1. The van der Waals surface area contributed by atoms with E-state index in [4.69, 9.17) is 23.2 Å². The molecule has 0 saturated carbocycles. The van der Waals surface area contributed by atoms with Gasteiger partial charge in [0.2, 0.25) is 20.0 Å². The fourth-order valence-corrected chi connectivity index (χ4v) is 3.14. The van der Waals surface area contributed by atoms with Crippen LogP contribution in [0, 0.1) is 0 Å². The summed E-state index contributed by atoms with van der Waals surface area (Å²) in [4.78, 5) is 8.28. The average molecular weight is 463 g/mol. The lowest BCUT2D eigenvalue weighted by molar-refractivity contribution is 0.602. The Balaban J connectivity index is 0.000000500. The summed E-state index contributed by atoms with van der Waals surface area (Å²) in [5.41, 5.74) is 2.54. The summed E-state index contributed by atoms with van der Waals surface area (Å²) < 4.78 is 44.0. The molecule has 2 heterocycles. The Morgan fingerprint density at radius 2 is 1.61 bits per heavy atom. The highest BCUT2D eigenvalue weighted by Crippen LogP contribution is 2.30. The number of hydrogen-bond donors (Lipinski definition) is 2. The van der Waals surface area contributed by atoms with Gasteiger partial charge >= 0.3 is 0 Å². The molecular weight excluding hydrogens is 447 g/mol. The molecule has 0 bridgehead atoms. The number of pyridine rings is 2. The largest absolute Gasteiger partial charge is 0.281 e. The minimum absolute atomic E-state index is 0.0830. The van der Waals surface area contributed by atoms with Gasteiger partial charge in [0, 0.05) is 23.3 Å². The molecule has 0 saturated heterocycles. The summed E-state index contributed by atoms with van der Waals surface area (Å²) in [6.07, 6.45) is 5.20. The molecule has 28 heavy (non-hydrogen) atoms. The van der Waals surface area contributed by atoms with E-state index in [9.17, 15) is 16.8 Å². The van der Waals surface area contributed by atoms with E-state index in [1.807, 2.05) is 18.2 Å². The lowest BCUT2D eigenvalue weighted by atomic mass is 10.0. The van der Waals surface area contributed by atoms with Crippen LogP contribution in [-0.2, 0) is 20.0 Å². The number of fused-ring (bicyclic) bond motifs is 1. The summed E-state index contributed by atoms with van der Waals surface area (Å²) in [5.74, 6) is 0. The van der Waals surface area contributed by atoms with E-state index in [-0.39, 0.29) is 10.8 Å². The summed E-state index contributed by atoms with van der Waals surface area (Å²) in [6, 6.07) is 8.92. The van der Waals surface area contributed by atoms with Crippen LogP contribution >= 0.6 is 23.2 Å². The van der Waals surface area contributed by atoms with Gasteiger partial charge in [0.05, 0.1) is 28.7 Å². The van der Waals surface area contributed by atoms with Crippen LogP contribution in [0.2, 0.25) is 10.2 Å². The maximum atomic E-state index is 11.4. The van der Waals surface area contributed by atoms with Crippen molar-refractivity contribution in [1.82, 2.24) is 9.97 Å². The van der Waals surface area contributed by atoms with Gasteiger partial charge in [-0.2, -0.15) is 0 Å². The molecule has 0 aliphatic heterocycles. The van der Waals surface area contributed by atoms with Gasteiger partial charge in [-0.05, 0) is 29.8 Å². The second-order valence-electron chi connectivity index (χ2n) is 5.79. The molecule has 1 aromatic carbocycles. The van der Waals surface area contributed by atoms with E-state index in [2.05, 4.69) is 19.8 Å². The Morgan fingerprint density at radius 3 is 2.21 bits per heavy atom. The number of nitrogens with one attached hydrogen (secondary N) is 1. The quantitative estimate of drug-likeness (QED) is 0.574. The maximum Gasteiger partial charge on any atom is 0.229 e. The van der Waals surface area contributed by atoms with E-state index in [0.717, 1.165) is 29.0 Å². The fraction of sp³-hybridized carbons (Fsp3) is 0.125. The number of halogens is 2. The smallest absolute Gasteiger partial charge is 0.229 e. The van der Waals surface area contributed by atoms with Crippen LogP contribution in [0.4, 0.5) is 5.69 Å². The zero-order valence-corrected chi connectivity index (χ0v) is 17.9. The van der Waals surface area contributed by atoms with Crippen molar-refractivity contribution < 1.29 is 16.8 Å². The molecule has 0 aliphatic rings. The third-order valence-electron chi connectivity index (χ3n) is 3.16. The van der Waals surface area contributed by atoms with Crippen molar-refractivity contribution in [3.05, 3.63) is 52.9 Å². The summed E-state index contributed by atoms with van der Waals surface area (Å²) in [6.45, 7) is 0. The van der Waals surface area contributed by atoms with Crippen LogP contribution in [0.1, 0.15) is 0 Å². The zero-order chi connectivity index (χ0) is 21.1. The first-order chi connectivity index (χ1) is 12.8. The number of rotatable bonds is 3. The van der Waals surface area contributed by atoms with Crippen LogP contribution in [-0.4, -0.2) is 39.3 Å². The van der Waals surface area contributed by atoms with Gasteiger partial charge in [0.1, 0.15) is 0 Å². The Morgan fingerprint density at radius 1 is 0.964 bits per heavy atom. The third-order valence-corrected chi connectivity index (χ3v) is 4.38. The number of primary sulfonamides is 1. The number of hydrogen-bond acceptors (Lipinski definition) is 6. The molecule has 12 heteroatoms. The van der Waals surface area contributed by atoms with Gasteiger partial charge in [-0.3, -0.25) is 9.71 Å². The highest BCUT2D eigenvalue weighted by atomic mass is 35.5. The molecule has 2 aromatic heterocycles.